The highest BCUT2D eigenvalue weighted by molar-refractivity contribution is 6.38. The molecule has 0 spiro atoms. The minimum Gasteiger partial charge on any atom is -0.481 e. The second kappa shape index (κ2) is 4.73. The van der Waals surface area contributed by atoms with Crippen LogP contribution in [0.3, 0.4) is 0 Å². The minimum absolute atomic E-state index is 0.170. The van der Waals surface area contributed by atoms with E-state index in [1.54, 1.807) is 4.90 Å². The Morgan fingerprint density at radius 3 is 2.57 bits per heavy atom. The summed E-state index contributed by atoms with van der Waals surface area (Å²) in [6, 6.07) is 9.46. The maximum atomic E-state index is 12.8. The van der Waals surface area contributed by atoms with Gasteiger partial charge in [0.2, 0.25) is 5.91 Å². The van der Waals surface area contributed by atoms with Crippen molar-refractivity contribution in [3.63, 3.8) is 0 Å². The lowest BCUT2D eigenvalue weighted by Crippen LogP contribution is -2.46. The van der Waals surface area contributed by atoms with E-state index in [9.17, 15) is 14.7 Å². The van der Waals surface area contributed by atoms with Gasteiger partial charge in [-0.05, 0) is 31.7 Å². The maximum Gasteiger partial charge on any atom is 0.313 e. The van der Waals surface area contributed by atoms with Crippen molar-refractivity contribution in [3.8, 4) is 0 Å². The molecule has 2 aliphatic rings. The van der Waals surface area contributed by atoms with Gasteiger partial charge in [-0.15, -0.1) is 11.6 Å². The van der Waals surface area contributed by atoms with Crippen LogP contribution in [0.5, 0.6) is 0 Å². The van der Waals surface area contributed by atoms with E-state index in [2.05, 4.69) is 0 Å². The van der Waals surface area contributed by atoms with Gasteiger partial charge < -0.3 is 10.0 Å². The van der Waals surface area contributed by atoms with Crippen molar-refractivity contribution in [2.45, 2.75) is 37.1 Å². The quantitative estimate of drug-likeness (QED) is 0.874. The number of benzene rings is 1. The Kier molecular flexibility index (Phi) is 3.24. The van der Waals surface area contributed by atoms with Crippen LogP contribution in [0.2, 0.25) is 0 Å². The summed E-state index contributed by atoms with van der Waals surface area (Å²) < 4.78 is 0. The molecule has 1 aromatic carbocycles. The van der Waals surface area contributed by atoms with Crippen molar-refractivity contribution in [2.24, 2.45) is 5.41 Å². The largest absolute Gasteiger partial charge is 0.481 e. The van der Waals surface area contributed by atoms with E-state index >= 15 is 0 Å². The van der Waals surface area contributed by atoms with E-state index in [0.717, 1.165) is 5.56 Å². The average molecular weight is 308 g/mol. The van der Waals surface area contributed by atoms with E-state index in [1.165, 1.54) is 0 Å². The summed E-state index contributed by atoms with van der Waals surface area (Å²) in [7, 11) is 0. The Bertz CT molecular complexity index is 590. The molecule has 0 radical (unpaired) electrons. The Hall–Kier alpha value is -1.55. The smallest absolute Gasteiger partial charge is 0.313 e. The van der Waals surface area contributed by atoms with Gasteiger partial charge in [0.15, 0.2) is 0 Å². The monoisotopic (exact) mass is 307 g/mol. The molecule has 112 valence electrons. The first-order valence-corrected chi connectivity index (χ1v) is 7.58. The molecule has 0 aromatic heterocycles. The van der Waals surface area contributed by atoms with Gasteiger partial charge in [0.05, 0.1) is 6.04 Å². The third-order valence-electron chi connectivity index (χ3n) is 5.08. The van der Waals surface area contributed by atoms with Crippen LogP contribution in [0.1, 0.15) is 37.8 Å². The van der Waals surface area contributed by atoms with Crippen LogP contribution >= 0.6 is 11.6 Å². The Morgan fingerprint density at radius 2 is 2.00 bits per heavy atom. The van der Waals surface area contributed by atoms with Crippen molar-refractivity contribution < 1.29 is 14.7 Å². The zero-order valence-corrected chi connectivity index (χ0v) is 12.6. The summed E-state index contributed by atoms with van der Waals surface area (Å²) in [5.41, 5.74) is -0.152. The predicted octanol–water partition coefficient (Wildman–Crippen LogP) is 2.82. The summed E-state index contributed by atoms with van der Waals surface area (Å²) >= 11 is 6.52. The maximum absolute atomic E-state index is 12.8. The molecule has 1 saturated heterocycles. The first kappa shape index (κ1) is 14.4. The number of carboxylic acid groups (broad SMARTS) is 1. The number of amides is 1. The highest BCUT2D eigenvalue weighted by Crippen LogP contribution is 2.57. The molecule has 1 N–H and O–H groups in total. The molecule has 3 rings (SSSR count). The number of carbonyl (C=O) groups excluding carboxylic acids is 1. The molecule has 1 heterocycles. The van der Waals surface area contributed by atoms with Crippen LogP contribution in [-0.2, 0) is 9.59 Å². The van der Waals surface area contributed by atoms with Gasteiger partial charge in [-0.25, -0.2) is 0 Å². The topological polar surface area (TPSA) is 57.6 Å². The number of hydrogen-bond acceptors (Lipinski definition) is 2. The first-order chi connectivity index (χ1) is 9.92. The summed E-state index contributed by atoms with van der Waals surface area (Å²) in [6.45, 7) is 2.12. The van der Waals surface area contributed by atoms with E-state index in [4.69, 9.17) is 11.6 Å². The van der Waals surface area contributed by atoms with E-state index < -0.39 is 16.3 Å². The molecule has 4 nitrogen and oxygen atoms in total. The van der Waals surface area contributed by atoms with Gasteiger partial charge in [-0.1, -0.05) is 30.3 Å². The van der Waals surface area contributed by atoms with Gasteiger partial charge >= 0.3 is 5.97 Å². The van der Waals surface area contributed by atoms with Crippen molar-refractivity contribution >= 4 is 23.5 Å². The zero-order valence-electron chi connectivity index (χ0n) is 11.9. The first-order valence-electron chi connectivity index (χ1n) is 7.21. The molecular weight excluding hydrogens is 290 g/mol. The van der Waals surface area contributed by atoms with Gasteiger partial charge in [0.1, 0.15) is 10.3 Å². The second-order valence-electron chi connectivity index (χ2n) is 6.06. The number of hydrogen-bond donors (Lipinski definition) is 1. The number of fused-ring (bicyclic) bond motifs is 1. The Balaban J connectivity index is 1.97. The fraction of sp³-hybridized carbons (Fsp3) is 0.500. The van der Waals surface area contributed by atoms with Crippen LogP contribution in [0, 0.1) is 5.41 Å². The molecule has 3 atom stereocenters. The average Bonchev–Trinajstić information content (AvgIpc) is 2.93. The lowest BCUT2D eigenvalue weighted by Gasteiger charge is -2.27. The molecule has 1 aromatic rings. The molecule has 21 heavy (non-hydrogen) atoms. The highest BCUT2D eigenvalue weighted by Gasteiger charge is 2.70. The van der Waals surface area contributed by atoms with Crippen molar-refractivity contribution in [3.05, 3.63) is 35.9 Å². The minimum atomic E-state index is -1.28. The van der Waals surface area contributed by atoms with Crippen molar-refractivity contribution in [2.75, 3.05) is 6.54 Å². The summed E-state index contributed by atoms with van der Waals surface area (Å²) in [5, 5.41) is 9.66. The van der Waals surface area contributed by atoms with E-state index in [-0.39, 0.29) is 18.5 Å². The number of halogens is 1. The predicted molar refractivity (Wildman–Crippen MR) is 79.1 cm³/mol. The van der Waals surface area contributed by atoms with Crippen LogP contribution in [-0.4, -0.2) is 33.3 Å². The molecule has 5 heteroatoms. The number of aliphatic carboxylic acids is 1. The fourth-order valence-corrected chi connectivity index (χ4v) is 4.22. The Labute approximate surface area is 128 Å². The van der Waals surface area contributed by atoms with Crippen molar-refractivity contribution in [1.29, 1.82) is 0 Å². The molecule has 1 amide bonds. The lowest BCUT2D eigenvalue weighted by molar-refractivity contribution is -0.149. The van der Waals surface area contributed by atoms with E-state index in [1.807, 2.05) is 37.3 Å². The van der Waals surface area contributed by atoms with Crippen LogP contribution in [0.15, 0.2) is 30.3 Å². The number of nitrogens with zero attached hydrogens (tertiary/aromatic N) is 1. The van der Waals surface area contributed by atoms with Crippen molar-refractivity contribution in [1.82, 2.24) is 4.90 Å². The van der Waals surface area contributed by atoms with Crippen LogP contribution in [0.25, 0.3) is 0 Å². The second-order valence-corrected chi connectivity index (χ2v) is 6.71. The summed E-state index contributed by atoms with van der Waals surface area (Å²) in [5.74, 6) is -1.19. The third kappa shape index (κ3) is 1.81. The van der Waals surface area contributed by atoms with Gasteiger partial charge in [-0.2, -0.15) is 0 Å². The molecule has 2 fully saturated rings. The van der Waals surface area contributed by atoms with Gasteiger partial charge in [0, 0.05) is 6.54 Å². The molecule has 1 unspecified atom stereocenters. The number of rotatable bonds is 3. The molecule has 0 bridgehead atoms. The van der Waals surface area contributed by atoms with Gasteiger partial charge in [-0.3, -0.25) is 9.59 Å². The fourth-order valence-electron chi connectivity index (χ4n) is 3.75. The molecule has 1 aliphatic heterocycles. The number of likely N-dealkylation sites (tertiary alicyclic amines) is 1. The molecule has 1 aliphatic carbocycles. The summed E-state index contributed by atoms with van der Waals surface area (Å²) in [4.78, 5) is 24.9. The SMILES string of the molecule is C[C@H](c1ccccc1)N1CC2(C(=O)O)CCC[C@]2(Cl)C1=O. The van der Waals surface area contributed by atoms with E-state index in [0.29, 0.717) is 19.3 Å². The number of carbonyl (C=O) groups is 2. The normalized spacial score (nSPS) is 33.0. The number of carboxylic acids is 1. The highest BCUT2D eigenvalue weighted by atomic mass is 35.5. The van der Waals surface area contributed by atoms with Crippen LogP contribution < -0.4 is 0 Å². The standard InChI is InChI=1S/C16H18ClNO3/c1-11(12-6-3-2-4-7-12)18-10-15(14(20)21)8-5-9-16(15,17)13(18)19/h2-4,6-7,11H,5,8-10H2,1H3,(H,20,21)/t11-,15?,16+/m1/s1. The third-order valence-corrected chi connectivity index (χ3v) is 5.79. The number of alkyl halides is 1. The molecular formula is C16H18ClNO3. The van der Waals surface area contributed by atoms with Crippen LogP contribution in [0.4, 0.5) is 0 Å². The summed E-state index contributed by atoms with van der Waals surface area (Å²) in [6.07, 6.45) is 1.60. The lowest BCUT2D eigenvalue weighted by atomic mass is 9.80. The Morgan fingerprint density at radius 1 is 1.33 bits per heavy atom. The van der Waals surface area contributed by atoms with Gasteiger partial charge in [0.25, 0.3) is 0 Å². The zero-order chi connectivity index (χ0) is 15.3. The molecule has 1 saturated carbocycles.